The molecule has 10 heteroatoms. The van der Waals surface area contributed by atoms with Crippen molar-refractivity contribution in [3.05, 3.63) is 60.4 Å². The van der Waals surface area contributed by atoms with Gasteiger partial charge in [-0.25, -0.2) is 4.39 Å². The summed E-state index contributed by atoms with van der Waals surface area (Å²) in [5, 5.41) is 10.9. The Morgan fingerprint density at radius 3 is 2.91 bits per heavy atom. The zero-order chi connectivity index (χ0) is 23.4. The third-order valence-electron chi connectivity index (χ3n) is 5.40. The van der Waals surface area contributed by atoms with Crippen molar-refractivity contribution in [2.75, 3.05) is 11.9 Å². The van der Waals surface area contributed by atoms with E-state index in [4.69, 9.17) is 9.15 Å². The summed E-state index contributed by atoms with van der Waals surface area (Å²) in [7, 11) is 0. The van der Waals surface area contributed by atoms with Gasteiger partial charge in [-0.3, -0.25) is 19.9 Å². The highest BCUT2D eigenvalue weighted by molar-refractivity contribution is 6.04. The molecule has 0 aromatic carbocycles. The number of carbonyl (C=O) groups is 1. The van der Waals surface area contributed by atoms with Crippen molar-refractivity contribution in [2.24, 2.45) is 5.10 Å². The summed E-state index contributed by atoms with van der Waals surface area (Å²) in [6.45, 7) is 7.44. The van der Waals surface area contributed by atoms with Crippen LogP contribution in [-0.4, -0.2) is 46.3 Å². The van der Waals surface area contributed by atoms with Crippen molar-refractivity contribution in [3.63, 3.8) is 0 Å². The lowest BCUT2D eigenvalue weighted by Gasteiger charge is -2.38. The summed E-state index contributed by atoms with van der Waals surface area (Å²) in [6.07, 6.45) is 3.75. The van der Waals surface area contributed by atoms with Crippen LogP contribution in [0.15, 0.2) is 58.4 Å². The second kappa shape index (κ2) is 9.78. The Morgan fingerprint density at radius 1 is 1.39 bits per heavy atom. The van der Waals surface area contributed by atoms with Crippen LogP contribution in [0.3, 0.4) is 0 Å². The van der Waals surface area contributed by atoms with Gasteiger partial charge in [0.15, 0.2) is 5.76 Å². The third-order valence-corrected chi connectivity index (χ3v) is 5.40. The number of amides is 1. The van der Waals surface area contributed by atoms with Gasteiger partial charge in [0.1, 0.15) is 17.6 Å². The SMILES string of the molecule is C=NN/C=C(\C)c1ccc(C(=O)Nc2cn([C@H]3C[C@@H](OCC)C3F)nc2-c2ccccn2)o1. The molecule has 0 aliphatic heterocycles. The molecular formula is C23H25FN6O3. The van der Waals surface area contributed by atoms with E-state index in [-0.39, 0.29) is 5.76 Å². The van der Waals surface area contributed by atoms with E-state index >= 15 is 0 Å². The van der Waals surface area contributed by atoms with Gasteiger partial charge in [0.2, 0.25) is 0 Å². The van der Waals surface area contributed by atoms with Gasteiger partial charge in [-0.15, -0.1) is 0 Å². The molecule has 2 N–H and O–H groups in total. The van der Waals surface area contributed by atoms with Crippen molar-refractivity contribution >= 4 is 23.9 Å². The highest BCUT2D eigenvalue weighted by Crippen LogP contribution is 2.39. The smallest absolute Gasteiger partial charge is 0.291 e. The molecule has 3 aromatic heterocycles. The number of hydrogen-bond acceptors (Lipinski definition) is 7. The Hall–Kier alpha value is -3.79. The molecule has 1 aliphatic carbocycles. The molecule has 0 spiro atoms. The van der Waals surface area contributed by atoms with Crippen molar-refractivity contribution in [1.29, 1.82) is 0 Å². The molecule has 0 radical (unpaired) electrons. The summed E-state index contributed by atoms with van der Waals surface area (Å²) in [5.41, 5.74) is 4.78. The number of rotatable bonds is 9. The molecule has 1 saturated carbocycles. The minimum atomic E-state index is -1.17. The number of anilines is 1. The molecule has 3 heterocycles. The van der Waals surface area contributed by atoms with E-state index in [2.05, 4.69) is 32.6 Å². The Bertz CT molecular complexity index is 1160. The molecule has 1 fully saturated rings. The fourth-order valence-corrected chi connectivity index (χ4v) is 3.59. The zero-order valence-electron chi connectivity index (χ0n) is 18.4. The van der Waals surface area contributed by atoms with E-state index in [0.717, 1.165) is 5.57 Å². The monoisotopic (exact) mass is 452 g/mol. The number of ether oxygens (including phenoxy) is 1. The van der Waals surface area contributed by atoms with E-state index in [0.29, 0.717) is 35.9 Å². The van der Waals surface area contributed by atoms with E-state index in [1.807, 2.05) is 19.9 Å². The molecule has 0 saturated heterocycles. The second-order valence-electron chi connectivity index (χ2n) is 7.56. The van der Waals surface area contributed by atoms with Crippen LogP contribution < -0.4 is 10.7 Å². The van der Waals surface area contributed by atoms with Crippen LogP contribution in [0.5, 0.6) is 0 Å². The molecule has 1 aliphatic rings. The highest BCUT2D eigenvalue weighted by atomic mass is 19.1. The van der Waals surface area contributed by atoms with E-state index in [1.165, 1.54) is 4.68 Å². The van der Waals surface area contributed by atoms with Crippen molar-refractivity contribution in [2.45, 2.75) is 38.6 Å². The topological polar surface area (TPSA) is 107 Å². The number of hydrogen-bond donors (Lipinski definition) is 2. The number of aromatic nitrogens is 3. The summed E-state index contributed by atoms with van der Waals surface area (Å²) in [6, 6.07) is 8.17. The first-order chi connectivity index (χ1) is 16.0. The van der Waals surface area contributed by atoms with Gasteiger partial charge in [-0.2, -0.15) is 10.2 Å². The van der Waals surface area contributed by atoms with Crippen molar-refractivity contribution < 1.29 is 18.3 Å². The molecule has 4 rings (SSSR count). The van der Waals surface area contributed by atoms with Crippen molar-refractivity contribution in [3.8, 4) is 11.4 Å². The maximum Gasteiger partial charge on any atom is 0.291 e. The molecule has 3 aromatic rings. The summed E-state index contributed by atoms with van der Waals surface area (Å²) in [4.78, 5) is 17.2. The van der Waals surface area contributed by atoms with E-state index < -0.39 is 24.2 Å². The lowest BCUT2D eigenvalue weighted by atomic mass is 9.87. The maximum absolute atomic E-state index is 14.6. The van der Waals surface area contributed by atoms with Gasteiger partial charge in [0.05, 0.1) is 23.5 Å². The normalized spacial score (nSPS) is 20.2. The largest absolute Gasteiger partial charge is 0.451 e. The van der Waals surface area contributed by atoms with Crippen LogP contribution in [0.4, 0.5) is 10.1 Å². The van der Waals surface area contributed by atoms with Crippen LogP contribution in [0.1, 0.15) is 42.6 Å². The number of halogens is 1. The van der Waals surface area contributed by atoms with Gasteiger partial charge >= 0.3 is 0 Å². The first kappa shape index (κ1) is 22.4. The zero-order valence-corrected chi connectivity index (χ0v) is 18.4. The van der Waals surface area contributed by atoms with Crippen LogP contribution in [0.25, 0.3) is 17.0 Å². The van der Waals surface area contributed by atoms with Gasteiger partial charge in [0, 0.05) is 43.9 Å². The van der Waals surface area contributed by atoms with Gasteiger partial charge in [-0.05, 0) is 38.1 Å². The molecular weight excluding hydrogens is 427 g/mol. The van der Waals surface area contributed by atoms with Crippen LogP contribution in [-0.2, 0) is 4.74 Å². The second-order valence-corrected chi connectivity index (χ2v) is 7.56. The Labute approximate surface area is 190 Å². The predicted octanol–water partition coefficient (Wildman–Crippen LogP) is 4.04. The number of hydrazone groups is 1. The first-order valence-corrected chi connectivity index (χ1v) is 10.6. The summed E-state index contributed by atoms with van der Waals surface area (Å²) in [5.74, 6) is 0.166. The molecule has 3 atom stereocenters. The lowest BCUT2D eigenvalue weighted by Crippen LogP contribution is -2.46. The fraction of sp³-hybridized carbons (Fsp3) is 0.304. The predicted molar refractivity (Wildman–Crippen MR) is 122 cm³/mol. The van der Waals surface area contributed by atoms with Gasteiger partial charge in [-0.1, -0.05) is 6.07 Å². The molecule has 172 valence electrons. The average molecular weight is 452 g/mol. The Kier molecular flexibility index (Phi) is 6.64. The number of furan rings is 1. The average Bonchev–Trinajstić information content (AvgIpc) is 3.48. The number of pyridine rings is 1. The molecule has 9 nitrogen and oxygen atoms in total. The first-order valence-electron chi connectivity index (χ1n) is 10.6. The van der Waals surface area contributed by atoms with E-state index in [9.17, 15) is 9.18 Å². The Balaban J connectivity index is 1.58. The van der Waals surface area contributed by atoms with Crippen LogP contribution in [0.2, 0.25) is 0 Å². The molecule has 1 amide bonds. The quantitative estimate of drug-likeness (QED) is 0.375. The highest BCUT2D eigenvalue weighted by Gasteiger charge is 2.44. The number of allylic oxidation sites excluding steroid dienone is 1. The van der Waals surface area contributed by atoms with Crippen LogP contribution in [0, 0.1) is 0 Å². The Morgan fingerprint density at radius 2 is 2.21 bits per heavy atom. The number of carbonyl (C=O) groups excluding carboxylic acids is 1. The fourth-order valence-electron chi connectivity index (χ4n) is 3.59. The number of nitrogens with zero attached hydrogens (tertiary/aromatic N) is 4. The molecule has 33 heavy (non-hydrogen) atoms. The lowest BCUT2D eigenvalue weighted by molar-refractivity contribution is -0.0921. The summed E-state index contributed by atoms with van der Waals surface area (Å²) < 4.78 is 27.2. The maximum atomic E-state index is 14.6. The standard InChI is InChI=1S/C23H25FN6O3/c1-4-32-20-11-17(21(20)24)30-13-16(22(29-30)15-7-5-6-10-26-15)28-23(31)19-9-8-18(33-19)14(2)12-27-25-3/h5-10,12-13,17,20-21,27H,3-4,11H2,1-2H3,(H,28,31)/b14-12+/t17-,20+,21?/m0/s1. The van der Waals surface area contributed by atoms with E-state index in [1.54, 1.807) is 42.9 Å². The molecule has 1 unspecified atom stereocenters. The third kappa shape index (κ3) is 4.70. The minimum absolute atomic E-state index is 0.118. The summed E-state index contributed by atoms with van der Waals surface area (Å²) >= 11 is 0. The van der Waals surface area contributed by atoms with Crippen LogP contribution >= 0.6 is 0 Å². The van der Waals surface area contributed by atoms with Crippen molar-refractivity contribution in [1.82, 2.24) is 20.2 Å². The number of alkyl halides is 1. The van der Waals surface area contributed by atoms with Gasteiger partial charge in [0.25, 0.3) is 5.91 Å². The van der Waals surface area contributed by atoms with Gasteiger partial charge < -0.3 is 14.5 Å². The minimum Gasteiger partial charge on any atom is -0.451 e. The number of nitrogens with one attached hydrogen (secondary N) is 2. The molecule has 0 bridgehead atoms.